The standard InChI is InChI=1S/C17H34O2.C12H24O/c1-4-5-6-7-8-9-10-11-12-13-14-15-17(18)19-16(2)3;1-3-4-5-6-7-8-9-10-12(2)11-13/h16H,4-15H2,1-3H3;11-12H,3-10H2,1-2H3. The molecular formula is C29H58O3. The third kappa shape index (κ3) is 31.3. The Morgan fingerprint density at radius 1 is 0.625 bits per heavy atom. The van der Waals surface area contributed by atoms with Crippen molar-refractivity contribution in [1.29, 1.82) is 0 Å². The molecule has 0 radical (unpaired) electrons. The van der Waals surface area contributed by atoms with Crippen molar-refractivity contribution in [3.05, 3.63) is 0 Å². The fraction of sp³-hybridized carbons (Fsp3) is 0.931. The second kappa shape index (κ2) is 28.2. The highest BCUT2D eigenvalue weighted by atomic mass is 16.5. The molecule has 0 saturated carbocycles. The summed E-state index contributed by atoms with van der Waals surface area (Å²) >= 11 is 0. The van der Waals surface area contributed by atoms with E-state index in [-0.39, 0.29) is 18.0 Å². The van der Waals surface area contributed by atoms with Crippen molar-refractivity contribution >= 4 is 12.3 Å². The SMILES string of the molecule is CCCCCCCCCC(C)C=O.CCCCCCCCCCCCCC(=O)OC(C)C. The number of aldehydes is 1. The minimum absolute atomic E-state index is 0.0280. The number of hydrogen-bond donors (Lipinski definition) is 0. The summed E-state index contributed by atoms with van der Waals surface area (Å²) in [6.07, 6.45) is 26.6. The second-order valence-corrected chi connectivity index (χ2v) is 9.85. The van der Waals surface area contributed by atoms with Crippen LogP contribution in [0.15, 0.2) is 0 Å². The van der Waals surface area contributed by atoms with E-state index in [2.05, 4.69) is 13.8 Å². The van der Waals surface area contributed by atoms with Gasteiger partial charge in [0.1, 0.15) is 6.29 Å². The number of carbonyl (C=O) groups is 2. The number of esters is 1. The molecule has 192 valence electrons. The zero-order valence-corrected chi connectivity index (χ0v) is 22.6. The second-order valence-electron chi connectivity index (χ2n) is 9.85. The van der Waals surface area contributed by atoms with E-state index in [0.29, 0.717) is 6.42 Å². The Hall–Kier alpha value is -0.860. The molecule has 0 aromatic rings. The van der Waals surface area contributed by atoms with E-state index in [4.69, 9.17) is 4.74 Å². The summed E-state index contributed by atoms with van der Waals surface area (Å²) in [5, 5.41) is 0. The Kier molecular flexibility index (Phi) is 29.3. The Bertz CT molecular complexity index is 379. The van der Waals surface area contributed by atoms with Gasteiger partial charge >= 0.3 is 5.97 Å². The van der Waals surface area contributed by atoms with Crippen molar-refractivity contribution in [3.8, 4) is 0 Å². The van der Waals surface area contributed by atoms with Crippen molar-refractivity contribution < 1.29 is 14.3 Å². The predicted molar refractivity (Wildman–Crippen MR) is 140 cm³/mol. The van der Waals surface area contributed by atoms with Gasteiger partial charge in [-0.1, -0.05) is 130 Å². The molecule has 3 nitrogen and oxygen atoms in total. The Morgan fingerprint density at radius 3 is 1.38 bits per heavy atom. The molecule has 0 aliphatic heterocycles. The molecule has 0 spiro atoms. The topological polar surface area (TPSA) is 43.4 Å². The lowest BCUT2D eigenvalue weighted by molar-refractivity contribution is -0.147. The lowest BCUT2D eigenvalue weighted by Gasteiger charge is -2.07. The van der Waals surface area contributed by atoms with Gasteiger partial charge in [-0.2, -0.15) is 0 Å². The van der Waals surface area contributed by atoms with Crippen LogP contribution in [0.4, 0.5) is 0 Å². The van der Waals surface area contributed by atoms with E-state index in [1.807, 2.05) is 20.8 Å². The van der Waals surface area contributed by atoms with Crippen LogP contribution in [-0.2, 0) is 14.3 Å². The summed E-state index contributed by atoms with van der Waals surface area (Å²) in [6.45, 7) is 10.3. The van der Waals surface area contributed by atoms with Crippen molar-refractivity contribution in [1.82, 2.24) is 0 Å². The minimum atomic E-state index is -0.0362. The van der Waals surface area contributed by atoms with Crippen LogP contribution in [0.1, 0.15) is 163 Å². The number of ether oxygens (including phenoxy) is 1. The van der Waals surface area contributed by atoms with Crippen LogP contribution in [-0.4, -0.2) is 18.4 Å². The Morgan fingerprint density at radius 2 is 1.00 bits per heavy atom. The third-order valence-electron chi connectivity index (χ3n) is 5.85. The van der Waals surface area contributed by atoms with E-state index in [0.717, 1.165) is 19.1 Å². The normalized spacial score (nSPS) is 11.7. The van der Waals surface area contributed by atoms with Crippen molar-refractivity contribution in [2.75, 3.05) is 0 Å². The number of rotatable bonds is 22. The van der Waals surface area contributed by atoms with Crippen LogP contribution >= 0.6 is 0 Å². The van der Waals surface area contributed by atoms with Gasteiger partial charge in [-0.05, 0) is 26.7 Å². The van der Waals surface area contributed by atoms with Crippen LogP contribution in [0.5, 0.6) is 0 Å². The van der Waals surface area contributed by atoms with Gasteiger partial charge in [-0.15, -0.1) is 0 Å². The van der Waals surface area contributed by atoms with E-state index in [1.165, 1.54) is 109 Å². The molecule has 3 heteroatoms. The largest absolute Gasteiger partial charge is 0.463 e. The van der Waals surface area contributed by atoms with Crippen LogP contribution in [0.25, 0.3) is 0 Å². The van der Waals surface area contributed by atoms with Gasteiger partial charge in [0.05, 0.1) is 6.10 Å². The lowest BCUT2D eigenvalue weighted by atomic mass is 10.0. The van der Waals surface area contributed by atoms with Gasteiger partial charge < -0.3 is 9.53 Å². The minimum Gasteiger partial charge on any atom is -0.463 e. The summed E-state index contributed by atoms with van der Waals surface area (Å²) in [5.74, 6) is 0.238. The highest BCUT2D eigenvalue weighted by molar-refractivity contribution is 5.69. The molecule has 0 N–H and O–H groups in total. The molecule has 1 atom stereocenters. The summed E-state index contributed by atoms with van der Waals surface area (Å²) < 4.78 is 5.10. The first-order chi connectivity index (χ1) is 15.5. The van der Waals surface area contributed by atoms with Crippen LogP contribution in [0, 0.1) is 5.92 Å². The predicted octanol–water partition coefficient (Wildman–Crippen LogP) is 9.60. The number of carbonyl (C=O) groups excluding carboxylic acids is 2. The maximum absolute atomic E-state index is 11.3. The average molecular weight is 455 g/mol. The van der Waals surface area contributed by atoms with Gasteiger partial charge in [0.25, 0.3) is 0 Å². The van der Waals surface area contributed by atoms with Crippen LogP contribution in [0.2, 0.25) is 0 Å². The Labute approximate surface area is 201 Å². The molecule has 0 aromatic carbocycles. The van der Waals surface area contributed by atoms with E-state index in [9.17, 15) is 9.59 Å². The smallest absolute Gasteiger partial charge is 0.306 e. The molecule has 0 fully saturated rings. The van der Waals surface area contributed by atoms with Crippen molar-refractivity contribution in [2.24, 2.45) is 5.92 Å². The summed E-state index contributed by atoms with van der Waals surface area (Å²) in [7, 11) is 0. The molecule has 0 aliphatic carbocycles. The highest BCUT2D eigenvalue weighted by Gasteiger charge is 2.04. The molecule has 32 heavy (non-hydrogen) atoms. The summed E-state index contributed by atoms with van der Waals surface area (Å²) in [5.41, 5.74) is 0. The monoisotopic (exact) mass is 454 g/mol. The van der Waals surface area contributed by atoms with E-state index >= 15 is 0 Å². The van der Waals surface area contributed by atoms with Crippen molar-refractivity contribution in [2.45, 2.75) is 169 Å². The maximum atomic E-state index is 11.3. The molecule has 0 saturated heterocycles. The quantitative estimate of drug-likeness (QED) is 0.0928. The summed E-state index contributed by atoms with van der Waals surface area (Å²) in [4.78, 5) is 21.6. The fourth-order valence-electron chi connectivity index (χ4n) is 3.75. The fourth-order valence-corrected chi connectivity index (χ4v) is 3.75. The molecular weight excluding hydrogens is 396 g/mol. The first kappa shape index (κ1) is 33.3. The molecule has 0 amide bonds. The van der Waals surface area contributed by atoms with Gasteiger partial charge in [0.15, 0.2) is 0 Å². The summed E-state index contributed by atoms with van der Waals surface area (Å²) in [6, 6.07) is 0. The van der Waals surface area contributed by atoms with Gasteiger partial charge in [0.2, 0.25) is 0 Å². The molecule has 0 rings (SSSR count). The average Bonchev–Trinajstić information content (AvgIpc) is 2.76. The highest BCUT2D eigenvalue weighted by Crippen LogP contribution is 2.13. The number of hydrogen-bond acceptors (Lipinski definition) is 3. The van der Waals surface area contributed by atoms with E-state index in [1.54, 1.807) is 0 Å². The molecule has 0 bridgehead atoms. The molecule has 0 heterocycles. The van der Waals surface area contributed by atoms with E-state index < -0.39 is 0 Å². The van der Waals surface area contributed by atoms with Crippen LogP contribution < -0.4 is 0 Å². The first-order valence-electron chi connectivity index (χ1n) is 14.1. The molecule has 1 unspecified atom stereocenters. The van der Waals surface area contributed by atoms with Crippen LogP contribution in [0.3, 0.4) is 0 Å². The zero-order valence-electron chi connectivity index (χ0n) is 22.6. The Balaban J connectivity index is 0. The van der Waals surface area contributed by atoms with Gasteiger partial charge in [-0.25, -0.2) is 0 Å². The van der Waals surface area contributed by atoms with Gasteiger partial charge in [0, 0.05) is 12.3 Å². The van der Waals surface area contributed by atoms with Crippen molar-refractivity contribution in [3.63, 3.8) is 0 Å². The first-order valence-corrected chi connectivity index (χ1v) is 14.1. The lowest BCUT2D eigenvalue weighted by Crippen LogP contribution is -2.10. The van der Waals surface area contributed by atoms with Gasteiger partial charge in [-0.3, -0.25) is 4.79 Å². The zero-order chi connectivity index (χ0) is 24.3. The third-order valence-corrected chi connectivity index (χ3v) is 5.85. The molecule has 0 aliphatic rings. The number of unbranched alkanes of at least 4 members (excludes halogenated alkanes) is 16. The maximum Gasteiger partial charge on any atom is 0.306 e. The molecule has 0 aromatic heterocycles.